The van der Waals surface area contributed by atoms with Crippen LogP contribution in [0.2, 0.25) is 0 Å². The molecule has 82 valence electrons. The molecule has 3 nitrogen and oxygen atoms in total. The fourth-order valence-electron chi connectivity index (χ4n) is 1.66. The zero-order valence-corrected chi connectivity index (χ0v) is 9.48. The van der Waals surface area contributed by atoms with Gasteiger partial charge < -0.3 is 0 Å². The summed E-state index contributed by atoms with van der Waals surface area (Å²) in [5.41, 5.74) is 0.985. The molecular weight excluding hydrogens is 222 g/mol. The van der Waals surface area contributed by atoms with Crippen LogP contribution >= 0.6 is 12.6 Å². The van der Waals surface area contributed by atoms with Crippen molar-refractivity contribution >= 4 is 24.4 Å². The third kappa shape index (κ3) is 1.76. The van der Waals surface area contributed by atoms with Gasteiger partial charge in [0, 0.05) is 12.3 Å². The second kappa shape index (κ2) is 4.53. The molecule has 4 heteroatoms. The first kappa shape index (κ1) is 11.0. The number of imide groups is 1. The fourth-order valence-corrected chi connectivity index (χ4v) is 1.81. The van der Waals surface area contributed by atoms with Gasteiger partial charge in [0.1, 0.15) is 0 Å². The lowest BCUT2D eigenvalue weighted by atomic mass is 10.1. The Hall–Kier alpha value is -1.55. The maximum atomic E-state index is 11.9. The van der Waals surface area contributed by atoms with Crippen molar-refractivity contribution in [2.24, 2.45) is 0 Å². The normalized spacial score (nSPS) is 14.9. The van der Waals surface area contributed by atoms with Crippen LogP contribution in [0.3, 0.4) is 0 Å². The summed E-state index contributed by atoms with van der Waals surface area (Å²) in [6, 6.07) is 6.88. The van der Waals surface area contributed by atoms with Crippen LogP contribution in [0, 0.1) is 0 Å². The van der Waals surface area contributed by atoms with E-state index < -0.39 is 0 Å². The summed E-state index contributed by atoms with van der Waals surface area (Å²) in [6.45, 7) is 0.312. The van der Waals surface area contributed by atoms with Gasteiger partial charge in [0.15, 0.2) is 0 Å². The predicted molar refractivity (Wildman–Crippen MR) is 64.8 cm³/mol. The fraction of sp³-hybridized carbons (Fsp3) is 0.167. The largest absolute Gasteiger partial charge is 0.270 e. The van der Waals surface area contributed by atoms with E-state index in [2.05, 4.69) is 12.6 Å². The number of carbonyl (C=O) groups excluding carboxylic acids is 2. The number of benzene rings is 1. The number of fused-ring (bicyclic) bond motifs is 1. The van der Waals surface area contributed by atoms with Crippen molar-refractivity contribution in [3.63, 3.8) is 0 Å². The summed E-state index contributed by atoms with van der Waals surface area (Å²) in [6.07, 6.45) is 3.58. The monoisotopic (exact) mass is 233 g/mol. The SMILES string of the molecule is O=C1c2ccccc2C(=O)N1C/C=C/CS. The highest BCUT2D eigenvalue weighted by Crippen LogP contribution is 2.21. The lowest BCUT2D eigenvalue weighted by molar-refractivity contribution is 0.0672. The Kier molecular flexibility index (Phi) is 3.10. The minimum atomic E-state index is -0.218. The summed E-state index contributed by atoms with van der Waals surface area (Å²) in [5.74, 6) is 0.164. The first-order valence-corrected chi connectivity index (χ1v) is 5.60. The molecule has 0 fully saturated rings. The van der Waals surface area contributed by atoms with Crippen molar-refractivity contribution in [3.05, 3.63) is 47.5 Å². The Morgan fingerprint density at radius 1 is 1.06 bits per heavy atom. The maximum Gasteiger partial charge on any atom is 0.261 e. The summed E-state index contributed by atoms with van der Waals surface area (Å²) in [4.78, 5) is 24.9. The molecule has 1 aromatic rings. The van der Waals surface area contributed by atoms with E-state index in [-0.39, 0.29) is 11.8 Å². The molecule has 0 saturated heterocycles. The van der Waals surface area contributed by atoms with E-state index in [4.69, 9.17) is 0 Å². The molecule has 0 saturated carbocycles. The molecule has 0 bridgehead atoms. The number of rotatable bonds is 3. The average molecular weight is 233 g/mol. The Labute approximate surface area is 99.2 Å². The first-order valence-electron chi connectivity index (χ1n) is 4.97. The van der Waals surface area contributed by atoms with E-state index in [0.717, 1.165) is 0 Å². The number of amides is 2. The summed E-state index contributed by atoms with van der Waals surface area (Å²) in [7, 11) is 0. The molecule has 0 N–H and O–H groups in total. The predicted octanol–water partition coefficient (Wildman–Crippen LogP) is 1.77. The van der Waals surface area contributed by atoms with Crippen LogP contribution in [-0.4, -0.2) is 29.0 Å². The first-order chi connectivity index (χ1) is 7.75. The van der Waals surface area contributed by atoms with Gasteiger partial charge in [-0.2, -0.15) is 12.6 Å². The van der Waals surface area contributed by atoms with Gasteiger partial charge in [-0.3, -0.25) is 14.5 Å². The molecule has 0 spiro atoms. The van der Waals surface area contributed by atoms with Gasteiger partial charge in [-0.05, 0) is 12.1 Å². The molecule has 1 aliphatic rings. The highest BCUT2D eigenvalue weighted by atomic mass is 32.1. The van der Waals surface area contributed by atoms with Crippen LogP contribution < -0.4 is 0 Å². The van der Waals surface area contributed by atoms with Crippen molar-refractivity contribution < 1.29 is 9.59 Å². The van der Waals surface area contributed by atoms with Gasteiger partial charge in [-0.15, -0.1) is 0 Å². The zero-order chi connectivity index (χ0) is 11.5. The molecule has 0 radical (unpaired) electrons. The van der Waals surface area contributed by atoms with Gasteiger partial charge in [0.2, 0.25) is 0 Å². The van der Waals surface area contributed by atoms with Crippen LogP contribution in [0.5, 0.6) is 0 Å². The van der Waals surface area contributed by atoms with Gasteiger partial charge in [-0.25, -0.2) is 0 Å². The van der Waals surface area contributed by atoms with Gasteiger partial charge in [0.05, 0.1) is 11.1 Å². The molecular formula is C12H11NO2S. The summed E-state index contributed by atoms with van der Waals surface area (Å²) >= 11 is 4.02. The van der Waals surface area contributed by atoms with Crippen molar-refractivity contribution in [3.8, 4) is 0 Å². The third-order valence-electron chi connectivity index (χ3n) is 2.44. The second-order valence-corrected chi connectivity index (χ2v) is 3.79. The molecule has 0 aliphatic carbocycles. The zero-order valence-electron chi connectivity index (χ0n) is 8.59. The molecule has 16 heavy (non-hydrogen) atoms. The number of hydrogen-bond donors (Lipinski definition) is 1. The average Bonchev–Trinajstić information content (AvgIpc) is 2.55. The molecule has 1 heterocycles. The Morgan fingerprint density at radius 3 is 2.12 bits per heavy atom. The van der Waals surface area contributed by atoms with Gasteiger partial charge in [-0.1, -0.05) is 24.3 Å². The topological polar surface area (TPSA) is 37.4 Å². The minimum Gasteiger partial charge on any atom is -0.270 e. The quantitative estimate of drug-likeness (QED) is 0.491. The minimum absolute atomic E-state index is 0.218. The highest BCUT2D eigenvalue weighted by Gasteiger charge is 2.33. The lowest BCUT2D eigenvalue weighted by Crippen LogP contribution is -2.29. The van der Waals surface area contributed by atoms with E-state index in [1.54, 1.807) is 30.3 Å². The van der Waals surface area contributed by atoms with Crippen LogP contribution in [0.15, 0.2) is 36.4 Å². The van der Waals surface area contributed by atoms with Crippen molar-refractivity contribution in [2.75, 3.05) is 12.3 Å². The molecule has 2 rings (SSSR count). The standard InChI is InChI=1S/C12H11NO2S/c14-11-9-5-1-2-6-10(9)12(15)13(11)7-3-4-8-16/h1-6,16H,7-8H2/b4-3+. The second-order valence-electron chi connectivity index (χ2n) is 3.42. The number of nitrogens with zero attached hydrogens (tertiary/aromatic N) is 1. The maximum absolute atomic E-state index is 11.9. The molecule has 2 amide bonds. The van der Waals surface area contributed by atoms with E-state index in [1.165, 1.54) is 4.90 Å². The molecule has 1 aromatic carbocycles. The number of carbonyl (C=O) groups is 2. The van der Waals surface area contributed by atoms with E-state index >= 15 is 0 Å². The number of hydrogen-bond acceptors (Lipinski definition) is 3. The van der Waals surface area contributed by atoms with Crippen LogP contribution in [0.1, 0.15) is 20.7 Å². The summed E-state index contributed by atoms with van der Waals surface area (Å²) < 4.78 is 0. The van der Waals surface area contributed by atoms with E-state index in [1.807, 2.05) is 6.08 Å². The Bertz CT molecular complexity index is 433. The van der Waals surface area contributed by atoms with E-state index in [9.17, 15) is 9.59 Å². The summed E-state index contributed by atoms with van der Waals surface area (Å²) in [5, 5.41) is 0. The molecule has 0 atom stereocenters. The van der Waals surface area contributed by atoms with Crippen LogP contribution in [0.25, 0.3) is 0 Å². The van der Waals surface area contributed by atoms with Crippen LogP contribution in [-0.2, 0) is 0 Å². The molecule has 0 aromatic heterocycles. The van der Waals surface area contributed by atoms with E-state index in [0.29, 0.717) is 23.4 Å². The molecule has 0 unspecified atom stereocenters. The van der Waals surface area contributed by atoms with Gasteiger partial charge in [0.25, 0.3) is 11.8 Å². The Morgan fingerprint density at radius 2 is 1.62 bits per heavy atom. The van der Waals surface area contributed by atoms with Crippen molar-refractivity contribution in [2.45, 2.75) is 0 Å². The van der Waals surface area contributed by atoms with Crippen molar-refractivity contribution in [1.29, 1.82) is 0 Å². The highest BCUT2D eigenvalue weighted by molar-refractivity contribution is 7.80. The van der Waals surface area contributed by atoms with Crippen molar-refractivity contribution in [1.82, 2.24) is 4.90 Å². The van der Waals surface area contributed by atoms with Gasteiger partial charge >= 0.3 is 0 Å². The lowest BCUT2D eigenvalue weighted by Gasteiger charge is -2.09. The number of thiol groups is 1. The smallest absolute Gasteiger partial charge is 0.261 e. The Balaban J connectivity index is 2.25. The van der Waals surface area contributed by atoms with Crippen LogP contribution in [0.4, 0.5) is 0 Å². The molecule has 1 aliphatic heterocycles. The third-order valence-corrected chi connectivity index (χ3v) is 2.65.